The van der Waals surface area contributed by atoms with E-state index in [1.54, 1.807) is 7.05 Å². The monoisotopic (exact) mass is 454 g/mol. The SMILES string of the molecule is CN=C(NCCC(=O)OC)N1CCN(C(=O)C2CCCO2)CC1.I. The third-order valence-corrected chi connectivity index (χ3v) is 4.15. The molecule has 0 saturated carbocycles. The molecule has 8 nitrogen and oxygen atoms in total. The molecule has 0 spiro atoms. The van der Waals surface area contributed by atoms with Gasteiger partial charge in [0.1, 0.15) is 6.10 Å². The number of hydrogen-bond acceptors (Lipinski definition) is 5. The Bertz CT molecular complexity index is 447. The topological polar surface area (TPSA) is 83.5 Å². The number of guanidine groups is 1. The van der Waals surface area contributed by atoms with E-state index in [0.717, 1.165) is 31.9 Å². The third kappa shape index (κ3) is 5.76. The number of piperazine rings is 1. The number of aliphatic imine (C=N–C) groups is 1. The minimum atomic E-state index is -0.251. The van der Waals surface area contributed by atoms with Crippen molar-refractivity contribution in [2.75, 3.05) is 53.5 Å². The minimum absolute atomic E-state index is 0. The zero-order valence-corrected chi connectivity index (χ0v) is 16.7. The lowest BCUT2D eigenvalue weighted by molar-refractivity contribution is -0.142. The van der Waals surface area contributed by atoms with Crippen molar-refractivity contribution in [1.82, 2.24) is 15.1 Å². The highest BCUT2D eigenvalue weighted by atomic mass is 127. The van der Waals surface area contributed by atoms with Gasteiger partial charge < -0.3 is 24.6 Å². The van der Waals surface area contributed by atoms with Crippen LogP contribution in [-0.4, -0.2) is 87.2 Å². The van der Waals surface area contributed by atoms with E-state index in [1.165, 1.54) is 7.11 Å². The van der Waals surface area contributed by atoms with E-state index >= 15 is 0 Å². The molecule has 2 aliphatic rings. The van der Waals surface area contributed by atoms with Crippen LogP contribution in [0.3, 0.4) is 0 Å². The molecule has 2 aliphatic heterocycles. The summed E-state index contributed by atoms with van der Waals surface area (Å²) in [5, 5.41) is 3.15. The molecule has 2 rings (SSSR count). The summed E-state index contributed by atoms with van der Waals surface area (Å²) in [6, 6.07) is 0. The first kappa shape index (κ1) is 20.9. The molecule has 1 N–H and O–H groups in total. The van der Waals surface area contributed by atoms with Crippen molar-refractivity contribution in [3.8, 4) is 0 Å². The number of rotatable bonds is 4. The molecule has 0 aliphatic carbocycles. The maximum Gasteiger partial charge on any atom is 0.307 e. The second-order valence-electron chi connectivity index (χ2n) is 5.61. The molecule has 0 aromatic rings. The largest absolute Gasteiger partial charge is 0.469 e. The van der Waals surface area contributed by atoms with Crippen LogP contribution >= 0.6 is 24.0 Å². The van der Waals surface area contributed by atoms with Gasteiger partial charge >= 0.3 is 5.97 Å². The van der Waals surface area contributed by atoms with Crippen molar-refractivity contribution in [3.63, 3.8) is 0 Å². The zero-order chi connectivity index (χ0) is 16.7. The average molecular weight is 454 g/mol. The first-order valence-electron chi connectivity index (χ1n) is 8.08. The lowest BCUT2D eigenvalue weighted by Crippen LogP contribution is -2.55. The first-order chi connectivity index (χ1) is 11.2. The zero-order valence-electron chi connectivity index (χ0n) is 14.3. The summed E-state index contributed by atoms with van der Waals surface area (Å²) in [7, 11) is 3.09. The Morgan fingerprint density at radius 3 is 2.46 bits per heavy atom. The van der Waals surface area contributed by atoms with Crippen LogP contribution in [0.5, 0.6) is 0 Å². The lowest BCUT2D eigenvalue weighted by atomic mass is 10.2. The van der Waals surface area contributed by atoms with Gasteiger partial charge in [-0.3, -0.25) is 14.6 Å². The third-order valence-electron chi connectivity index (χ3n) is 4.15. The van der Waals surface area contributed by atoms with E-state index < -0.39 is 0 Å². The van der Waals surface area contributed by atoms with Crippen molar-refractivity contribution in [2.24, 2.45) is 4.99 Å². The number of carbonyl (C=O) groups is 2. The summed E-state index contributed by atoms with van der Waals surface area (Å²) in [5.74, 6) is 0.605. The Labute approximate surface area is 159 Å². The Balaban J connectivity index is 0.00000288. The van der Waals surface area contributed by atoms with Crippen LogP contribution < -0.4 is 5.32 Å². The van der Waals surface area contributed by atoms with E-state index in [0.29, 0.717) is 32.7 Å². The Hall–Kier alpha value is -1.10. The van der Waals surface area contributed by atoms with E-state index in [1.807, 2.05) is 4.90 Å². The van der Waals surface area contributed by atoms with Crippen molar-refractivity contribution >= 4 is 41.8 Å². The quantitative estimate of drug-likeness (QED) is 0.280. The summed E-state index contributed by atoms with van der Waals surface area (Å²) in [6.45, 7) is 3.93. The molecule has 0 aromatic heterocycles. The molecule has 1 unspecified atom stereocenters. The van der Waals surface area contributed by atoms with E-state index in [9.17, 15) is 9.59 Å². The molecule has 0 bridgehead atoms. The van der Waals surface area contributed by atoms with Crippen LogP contribution in [0.15, 0.2) is 4.99 Å². The van der Waals surface area contributed by atoms with Gasteiger partial charge in [-0.1, -0.05) is 0 Å². The molecular weight excluding hydrogens is 427 g/mol. The molecule has 0 aromatic carbocycles. The number of halogens is 1. The van der Waals surface area contributed by atoms with Crippen molar-refractivity contribution < 1.29 is 19.1 Å². The van der Waals surface area contributed by atoms with Gasteiger partial charge in [0.2, 0.25) is 0 Å². The highest BCUT2D eigenvalue weighted by Crippen LogP contribution is 2.16. The predicted molar refractivity (Wildman–Crippen MR) is 101 cm³/mol. The summed E-state index contributed by atoms with van der Waals surface area (Å²) >= 11 is 0. The van der Waals surface area contributed by atoms with Crippen LogP contribution in [0.4, 0.5) is 0 Å². The molecule has 1 amide bonds. The summed E-state index contributed by atoms with van der Waals surface area (Å²) < 4.78 is 10.1. The molecule has 138 valence electrons. The van der Waals surface area contributed by atoms with Crippen LogP contribution in [0, 0.1) is 0 Å². The fourth-order valence-electron chi connectivity index (χ4n) is 2.83. The van der Waals surface area contributed by atoms with E-state index in [4.69, 9.17) is 4.74 Å². The number of nitrogens with one attached hydrogen (secondary N) is 1. The number of esters is 1. The van der Waals surface area contributed by atoms with E-state index in [-0.39, 0.29) is 42.0 Å². The van der Waals surface area contributed by atoms with Gasteiger partial charge in [0.05, 0.1) is 13.5 Å². The second-order valence-corrected chi connectivity index (χ2v) is 5.61. The maximum absolute atomic E-state index is 12.3. The highest BCUT2D eigenvalue weighted by Gasteiger charge is 2.30. The number of carbonyl (C=O) groups excluding carboxylic acids is 2. The van der Waals surface area contributed by atoms with Gasteiger partial charge in [-0.25, -0.2) is 0 Å². The van der Waals surface area contributed by atoms with Gasteiger partial charge in [0, 0.05) is 46.4 Å². The Morgan fingerprint density at radius 2 is 1.92 bits per heavy atom. The highest BCUT2D eigenvalue weighted by molar-refractivity contribution is 14.0. The fourth-order valence-corrected chi connectivity index (χ4v) is 2.83. The Morgan fingerprint density at radius 1 is 1.25 bits per heavy atom. The molecule has 2 saturated heterocycles. The first-order valence-corrected chi connectivity index (χ1v) is 8.08. The predicted octanol–water partition coefficient (Wildman–Crippen LogP) is 0.0661. The molecule has 1 atom stereocenters. The molecular formula is C15H27IN4O4. The fraction of sp³-hybridized carbons (Fsp3) is 0.800. The molecule has 0 radical (unpaired) electrons. The van der Waals surface area contributed by atoms with Gasteiger partial charge in [-0.05, 0) is 12.8 Å². The lowest BCUT2D eigenvalue weighted by Gasteiger charge is -2.37. The van der Waals surface area contributed by atoms with Gasteiger partial charge in [-0.2, -0.15) is 0 Å². The summed E-state index contributed by atoms with van der Waals surface area (Å²) in [4.78, 5) is 31.6. The normalized spacial score (nSPS) is 21.2. The van der Waals surface area contributed by atoms with E-state index in [2.05, 4.69) is 19.9 Å². The minimum Gasteiger partial charge on any atom is -0.469 e. The number of ether oxygens (including phenoxy) is 2. The molecule has 2 fully saturated rings. The molecule has 9 heteroatoms. The number of amides is 1. The average Bonchev–Trinajstić information content (AvgIpc) is 3.12. The number of nitrogens with zero attached hydrogens (tertiary/aromatic N) is 3. The van der Waals surface area contributed by atoms with Crippen LogP contribution in [-0.2, 0) is 19.1 Å². The smallest absolute Gasteiger partial charge is 0.307 e. The standard InChI is InChI=1S/C15H26N4O4.HI/c1-16-15(17-6-5-13(20)22-2)19-9-7-18(8-10-19)14(21)12-4-3-11-23-12;/h12H,3-11H2,1-2H3,(H,16,17);1H. The van der Waals surface area contributed by atoms with Gasteiger partial charge in [-0.15, -0.1) is 24.0 Å². The second kappa shape index (κ2) is 10.7. The van der Waals surface area contributed by atoms with Gasteiger partial charge in [0.25, 0.3) is 5.91 Å². The Kier molecular flexibility index (Phi) is 9.34. The van der Waals surface area contributed by atoms with Crippen LogP contribution in [0.1, 0.15) is 19.3 Å². The molecule has 2 heterocycles. The summed E-state index contributed by atoms with van der Waals surface area (Å²) in [6.07, 6.45) is 1.84. The van der Waals surface area contributed by atoms with Crippen molar-refractivity contribution in [1.29, 1.82) is 0 Å². The van der Waals surface area contributed by atoms with Crippen molar-refractivity contribution in [2.45, 2.75) is 25.4 Å². The maximum atomic E-state index is 12.3. The van der Waals surface area contributed by atoms with Gasteiger partial charge in [0.15, 0.2) is 5.96 Å². The van der Waals surface area contributed by atoms with Crippen LogP contribution in [0.25, 0.3) is 0 Å². The summed E-state index contributed by atoms with van der Waals surface area (Å²) in [5.41, 5.74) is 0. The number of hydrogen-bond donors (Lipinski definition) is 1. The van der Waals surface area contributed by atoms with Crippen molar-refractivity contribution in [3.05, 3.63) is 0 Å². The molecule has 24 heavy (non-hydrogen) atoms. The van der Waals surface area contributed by atoms with Crippen LogP contribution in [0.2, 0.25) is 0 Å². The number of methoxy groups -OCH3 is 1.